The summed E-state index contributed by atoms with van der Waals surface area (Å²) in [5.74, 6) is -1.61. The predicted octanol–water partition coefficient (Wildman–Crippen LogP) is 4.08. The van der Waals surface area contributed by atoms with Gasteiger partial charge in [-0.05, 0) is 41.8 Å². The molecule has 30 heavy (non-hydrogen) atoms. The zero-order valence-corrected chi connectivity index (χ0v) is 17.6. The third-order valence-corrected chi connectivity index (χ3v) is 6.42. The molecule has 1 atom stereocenters. The number of amides is 1. The van der Waals surface area contributed by atoms with Crippen LogP contribution in [-0.4, -0.2) is 29.9 Å². The lowest BCUT2D eigenvalue weighted by Crippen LogP contribution is -2.51. The monoisotopic (exact) mass is 464 g/mol. The van der Waals surface area contributed by atoms with Crippen molar-refractivity contribution in [2.45, 2.75) is 37.5 Å². The van der Waals surface area contributed by atoms with Crippen LogP contribution in [0.1, 0.15) is 25.0 Å². The van der Waals surface area contributed by atoms with Crippen molar-refractivity contribution >= 4 is 27.5 Å². The molecule has 0 bridgehead atoms. The highest BCUT2D eigenvalue weighted by atomic mass is 35.5. The Balaban J connectivity index is 2.61. The van der Waals surface area contributed by atoms with Crippen LogP contribution in [-0.2, 0) is 27.5 Å². The minimum absolute atomic E-state index is 0.327. The molecule has 0 aromatic heterocycles. The molecular weight excluding hydrogens is 445 g/mol. The van der Waals surface area contributed by atoms with Gasteiger partial charge in [0.1, 0.15) is 6.04 Å². The van der Waals surface area contributed by atoms with Crippen LogP contribution in [0, 0.1) is 5.92 Å². The maximum atomic E-state index is 13.3. The lowest BCUT2D eigenvalue weighted by molar-refractivity contribution is -0.138. The number of sulfonamides is 1. The van der Waals surface area contributed by atoms with Crippen molar-refractivity contribution in [2.75, 3.05) is 0 Å². The molecule has 1 amide bonds. The van der Waals surface area contributed by atoms with Gasteiger partial charge in [0.2, 0.25) is 10.0 Å². The van der Waals surface area contributed by atoms with Crippen LogP contribution in [0.5, 0.6) is 0 Å². The first-order valence-electron chi connectivity index (χ1n) is 8.75. The summed E-state index contributed by atoms with van der Waals surface area (Å²) in [7, 11) is -4.56. The van der Waals surface area contributed by atoms with E-state index in [1.807, 2.05) is 0 Å². The average Bonchev–Trinajstić information content (AvgIpc) is 2.68. The molecule has 0 saturated heterocycles. The molecule has 6 nitrogen and oxygen atoms in total. The number of benzene rings is 2. The normalized spacial score (nSPS) is 13.5. The number of halogens is 4. The standard InChI is InChI=1S/C19H20ClF3N2O4S/c1-12(2)17(18(26)24-27)25(11-13-6-8-15(20)9-7-13)30(28,29)16-5-3-4-14(10-16)19(21,22)23/h3-10,12,17,27H,11H2,1-2H3,(H,24,26)/t17-/m0/s1. The Morgan fingerprint density at radius 2 is 1.77 bits per heavy atom. The molecule has 0 radical (unpaired) electrons. The summed E-state index contributed by atoms with van der Waals surface area (Å²) in [5, 5.41) is 9.51. The number of hydrogen-bond acceptors (Lipinski definition) is 4. The van der Waals surface area contributed by atoms with Crippen LogP contribution in [0.4, 0.5) is 13.2 Å². The molecule has 2 rings (SSSR count). The Kier molecular flexibility index (Phi) is 7.51. The van der Waals surface area contributed by atoms with Gasteiger partial charge in [0.15, 0.2) is 0 Å². The number of rotatable bonds is 7. The van der Waals surface area contributed by atoms with E-state index >= 15 is 0 Å². The van der Waals surface area contributed by atoms with Gasteiger partial charge in [0.05, 0.1) is 10.5 Å². The fraction of sp³-hybridized carbons (Fsp3) is 0.316. The zero-order valence-electron chi connectivity index (χ0n) is 16.0. The van der Waals surface area contributed by atoms with Gasteiger partial charge >= 0.3 is 6.18 Å². The number of hydroxylamine groups is 1. The summed E-state index contributed by atoms with van der Waals surface area (Å²) in [5.41, 5.74) is 0.749. The first kappa shape index (κ1) is 24.1. The first-order chi connectivity index (χ1) is 13.9. The van der Waals surface area contributed by atoms with Gasteiger partial charge in [-0.15, -0.1) is 0 Å². The molecule has 0 aliphatic carbocycles. The molecule has 2 aromatic carbocycles. The number of hydrogen-bond donors (Lipinski definition) is 2. The first-order valence-corrected chi connectivity index (χ1v) is 10.6. The van der Waals surface area contributed by atoms with Crippen molar-refractivity contribution in [1.82, 2.24) is 9.79 Å². The van der Waals surface area contributed by atoms with Crippen molar-refractivity contribution in [3.63, 3.8) is 0 Å². The van der Waals surface area contributed by atoms with Crippen molar-refractivity contribution in [3.05, 3.63) is 64.7 Å². The smallest absolute Gasteiger partial charge is 0.289 e. The number of alkyl halides is 3. The van der Waals surface area contributed by atoms with Crippen molar-refractivity contribution in [1.29, 1.82) is 0 Å². The van der Waals surface area contributed by atoms with Crippen LogP contribution in [0.25, 0.3) is 0 Å². The van der Waals surface area contributed by atoms with Gasteiger partial charge in [0, 0.05) is 11.6 Å². The molecule has 164 valence electrons. The number of carbonyl (C=O) groups excluding carboxylic acids is 1. The number of nitrogens with zero attached hydrogens (tertiary/aromatic N) is 1. The molecule has 0 unspecified atom stereocenters. The fourth-order valence-corrected chi connectivity index (χ4v) is 4.78. The molecule has 2 aromatic rings. The van der Waals surface area contributed by atoms with Gasteiger partial charge in [-0.25, -0.2) is 13.9 Å². The van der Waals surface area contributed by atoms with Gasteiger partial charge < -0.3 is 0 Å². The van der Waals surface area contributed by atoms with Crippen LogP contribution in [0.3, 0.4) is 0 Å². The van der Waals surface area contributed by atoms with Crippen molar-refractivity contribution < 1.29 is 31.6 Å². The molecule has 11 heteroatoms. The van der Waals surface area contributed by atoms with Crippen molar-refractivity contribution in [3.8, 4) is 0 Å². The van der Waals surface area contributed by atoms with Crippen LogP contribution >= 0.6 is 11.6 Å². The average molecular weight is 465 g/mol. The van der Waals surface area contributed by atoms with Crippen molar-refractivity contribution in [2.24, 2.45) is 5.92 Å². The quantitative estimate of drug-likeness (QED) is 0.477. The predicted molar refractivity (Wildman–Crippen MR) is 104 cm³/mol. The summed E-state index contributed by atoms with van der Waals surface area (Å²) >= 11 is 5.84. The molecule has 0 aliphatic rings. The third-order valence-electron chi connectivity index (χ3n) is 4.34. The highest BCUT2D eigenvalue weighted by Gasteiger charge is 2.39. The van der Waals surface area contributed by atoms with E-state index in [2.05, 4.69) is 0 Å². The van der Waals surface area contributed by atoms with Crippen LogP contribution < -0.4 is 5.48 Å². The van der Waals surface area contributed by atoms with Crippen LogP contribution in [0.15, 0.2) is 53.4 Å². The van der Waals surface area contributed by atoms with E-state index in [0.29, 0.717) is 16.7 Å². The van der Waals surface area contributed by atoms with Gasteiger partial charge in [-0.2, -0.15) is 17.5 Å². The topological polar surface area (TPSA) is 86.7 Å². The highest BCUT2D eigenvalue weighted by Crippen LogP contribution is 2.32. The number of nitrogens with one attached hydrogen (secondary N) is 1. The molecule has 0 saturated carbocycles. The Hall–Kier alpha value is -2.14. The second-order valence-electron chi connectivity index (χ2n) is 6.87. The molecule has 0 aliphatic heterocycles. The molecule has 0 heterocycles. The Bertz CT molecular complexity index is 996. The van der Waals surface area contributed by atoms with E-state index in [1.54, 1.807) is 13.8 Å². The summed E-state index contributed by atoms with van der Waals surface area (Å²) in [6, 6.07) is 7.98. The fourth-order valence-electron chi connectivity index (χ4n) is 2.90. The minimum atomic E-state index is -4.74. The third kappa shape index (κ3) is 5.51. The second kappa shape index (κ2) is 9.34. The largest absolute Gasteiger partial charge is 0.416 e. The van der Waals surface area contributed by atoms with E-state index in [0.717, 1.165) is 22.5 Å². The van der Waals surface area contributed by atoms with Gasteiger partial charge in [-0.1, -0.05) is 43.6 Å². The maximum absolute atomic E-state index is 13.3. The summed E-state index contributed by atoms with van der Waals surface area (Å²) < 4.78 is 66.7. The Morgan fingerprint density at radius 1 is 1.17 bits per heavy atom. The van der Waals surface area contributed by atoms with E-state index < -0.39 is 44.5 Å². The van der Waals surface area contributed by atoms with E-state index in [-0.39, 0.29) is 6.54 Å². The van der Waals surface area contributed by atoms with Gasteiger partial charge in [-0.3, -0.25) is 10.0 Å². The van der Waals surface area contributed by atoms with E-state index in [4.69, 9.17) is 16.8 Å². The van der Waals surface area contributed by atoms with Crippen LogP contribution in [0.2, 0.25) is 5.02 Å². The maximum Gasteiger partial charge on any atom is 0.416 e. The molecule has 2 N–H and O–H groups in total. The highest BCUT2D eigenvalue weighted by molar-refractivity contribution is 7.89. The summed E-state index contributed by atoms with van der Waals surface area (Å²) in [6.07, 6.45) is -4.74. The zero-order chi connectivity index (χ0) is 22.7. The Labute approximate surface area is 177 Å². The van der Waals surface area contributed by atoms with E-state index in [9.17, 15) is 26.4 Å². The van der Waals surface area contributed by atoms with Gasteiger partial charge in [0.25, 0.3) is 5.91 Å². The molecular formula is C19H20ClF3N2O4S. The molecule has 0 spiro atoms. The minimum Gasteiger partial charge on any atom is -0.289 e. The molecule has 0 fully saturated rings. The Morgan fingerprint density at radius 3 is 2.27 bits per heavy atom. The second-order valence-corrected chi connectivity index (χ2v) is 9.19. The lowest BCUT2D eigenvalue weighted by Gasteiger charge is -2.32. The summed E-state index contributed by atoms with van der Waals surface area (Å²) in [4.78, 5) is 11.7. The lowest BCUT2D eigenvalue weighted by atomic mass is 10.0. The SMILES string of the molecule is CC(C)[C@@H](C(=O)NO)N(Cc1ccc(Cl)cc1)S(=O)(=O)c1cccc(C(F)(F)F)c1. The number of carbonyl (C=O) groups is 1. The van der Waals surface area contributed by atoms with E-state index in [1.165, 1.54) is 29.7 Å². The summed E-state index contributed by atoms with van der Waals surface area (Å²) in [6.45, 7) is 2.78.